The third-order valence-electron chi connectivity index (χ3n) is 3.29. The average molecular weight is 252 g/mol. The lowest BCUT2D eigenvalue weighted by molar-refractivity contribution is 0.410. The van der Waals surface area contributed by atoms with Crippen LogP contribution < -0.4 is 4.74 Å². The molecule has 19 heavy (non-hydrogen) atoms. The van der Waals surface area contributed by atoms with Crippen LogP contribution in [0, 0.1) is 6.92 Å². The molecule has 0 aliphatic rings. The predicted molar refractivity (Wildman–Crippen MR) is 75.7 cm³/mol. The molecule has 0 aliphatic carbocycles. The Morgan fingerprint density at radius 3 is 2.79 bits per heavy atom. The fraction of sp³-hybridized carbons (Fsp3) is 0.188. The SMILES string of the molecule is COc1ccccc1Cc1cn2cccc(C)c2n1. The Morgan fingerprint density at radius 1 is 1.16 bits per heavy atom. The number of nitrogens with zero attached hydrogens (tertiary/aromatic N) is 2. The van der Waals surface area contributed by atoms with E-state index in [9.17, 15) is 0 Å². The number of aromatic nitrogens is 2. The Hall–Kier alpha value is -2.29. The molecular weight excluding hydrogens is 236 g/mol. The molecule has 0 aliphatic heterocycles. The van der Waals surface area contributed by atoms with Crippen LogP contribution in [0.25, 0.3) is 5.65 Å². The van der Waals surface area contributed by atoms with E-state index in [1.165, 1.54) is 5.56 Å². The molecule has 3 heteroatoms. The number of ether oxygens (including phenoxy) is 1. The molecule has 1 aromatic carbocycles. The van der Waals surface area contributed by atoms with E-state index in [0.717, 1.165) is 29.1 Å². The maximum absolute atomic E-state index is 5.38. The van der Waals surface area contributed by atoms with Crippen molar-refractivity contribution in [2.75, 3.05) is 7.11 Å². The molecule has 3 aromatic rings. The van der Waals surface area contributed by atoms with E-state index in [1.54, 1.807) is 7.11 Å². The Balaban J connectivity index is 1.99. The van der Waals surface area contributed by atoms with Crippen molar-refractivity contribution in [1.82, 2.24) is 9.38 Å². The lowest BCUT2D eigenvalue weighted by Crippen LogP contribution is -1.93. The predicted octanol–water partition coefficient (Wildman–Crippen LogP) is 3.24. The molecule has 0 bridgehead atoms. The van der Waals surface area contributed by atoms with Crippen LogP contribution in [0.3, 0.4) is 0 Å². The van der Waals surface area contributed by atoms with Gasteiger partial charge in [-0.15, -0.1) is 0 Å². The van der Waals surface area contributed by atoms with E-state index < -0.39 is 0 Å². The Kier molecular flexibility index (Phi) is 2.95. The summed E-state index contributed by atoms with van der Waals surface area (Å²) in [7, 11) is 1.70. The van der Waals surface area contributed by atoms with Crippen LogP contribution in [0.15, 0.2) is 48.8 Å². The largest absolute Gasteiger partial charge is 0.496 e. The molecule has 0 radical (unpaired) electrons. The van der Waals surface area contributed by atoms with Gasteiger partial charge in [-0.3, -0.25) is 0 Å². The number of rotatable bonds is 3. The Bertz CT molecular complexity index is 716. The standard InChI is InChI=1S/C16H16N2O/c1-12-6-5-9-18-11-14(17-16(12)18)10-13-7-3-4-8-15(13)19-2/h3-9,11H,10H2,1-2H3. The minimum atomic E-state index is 0.783. The zero-order chi connectivity index (χ0) is 13.2. The van der Waals surface area contributed by atoms with Gasteiger partial charge in [-0.25, -0.2) is 4.98 Å². The Labute approximate surface area is 112 Å². The van der Waals surface area contributed by atoms with Crippen LogP contribution in [-0.4, -0.2) is 16.5 Å². The van der Waals surface area contributed by atoms with Crippen molar-refractivity contribution >= 4 is 5.65 Å². The number of fused-ring (bicyclic) bond motifs is 1. The second kappa shape index (κ2) is 4.76. The zero-order valence-electron chi connectivity index (χ0n) is 11.1. The van der Waals surface area contributed by atoms with Gasteiger partial charge >= 0.3 is 0 Å². The van der Waals surface area contributed by atoms with E-state index in [1.807, 2.05) is 30.5 Å². The van der Waals surface area contributed by atoms with Gasteiger partial charge in [0.15, 0.2) is 0 Å². The second-order valence-electron chi connectivity index (χ2n) is 4.64. The summed E-state index contributed by atoms with van der Waals surface area (Å²) in [5.41, 5.74) is 4.42. The highest BCUT2D eigenvalue weighted by molar-refractivity contribution is 5.48. The first-order valence-corrected chi connectivity index (χ1v) is 6.33. The topological polar surface area (TPSA) is 26.5 Å². The first-order valence-electron chi connectivity index (χ1n) is 6.33. The minimum absolute atomic E-state index is 0.783. The van der Waals surface area contributed by atoms with Crippen molar-refractivity contribution in [3.63, 3.8) is 0 Å². The maximum atomic E-state index is 5.38. The van der Waals surface area contributed by atoms with Gasteiger partial charge in [0.05, 0.1) is 12.8 Å². The Morgan fingerprint density at radius 2 is 2.00 bits per heavy atom. The zero-order valence-corrected chi connectivity index (χ0v) is 11.1. The number of imidazole rings is 1. The molecule has 0 spiro atoms. The van der Waals surface area contributed by atoms with Crippen LogP contribution >= 0.6 is 0 Å². The van der Waals surface area contributed by atoms with Crippen molar-refractivity contribution in [1.29, 1.82) is 0 Å². The lowest BCUT2D eigenvalue weighted by atomic mass is 10.1. The van der Waals surface area contributed by atoms with Gasteiger partial charge in [-0.1, -0.05) is 24.3 Å². The summed E-state index contributed by atoms with van der Waals surface area (Å²) in [4.78, 5) is 4.69. The van der Waals surface area contributed by atoms with Crippen molar-refractivity contribution < 1.29 is 4.74 Å². The number of methoxy groups -OCH3 is 1. The molecule has 2 aromatic heterocycles. The smallest absolute Gasteiger partial charge is 0.139 e. The maximum Gasteiger partial charge on any atom is 0.139 e. The van der Waals surface area contributed by atoms with Crippen molar-refractivity contribution in [3.8, 4) is 5.75 Å². The van der Waals surface area contributed by atoms with Gasteiger partial charge in [-0.2, -0.15) is 0 Å². The summed E-state index contributed by atoms with van der Waals surface area (Å²) in [5, 5.41) is 0. The van der Waals surface area contributed by atoms with Crippen LogP contribution in [0.4, 0.5) is 0 Å². The number of benzene rings is 1. The quantitative estimate of drug-likeness (QED) is 0.715. The highest BCUT2D eigenvalue weighted by Crippen LogP contribution is 2.21. The van der Waals surface area contributed by atoms with Crippen molar-refractivity contribution in [2.45, 2.75) is 13.3 Å². The number of hydrogen-bond acceptors (Lipinski definition) is 2. The second-order valence-corrected chi connectivity index (χ2v) is 4.64. The molecule has 96 valence electrons. The molecule has 0 fully saturated rings. The molecule has 0 saturated carbocycles. The van der Waals surface area contributed by atoms with Crippen LogP contribution in [0.5, 0.6) is 5.75 Å². The highest BCUT2D eigenvalue weighted by atomic mass is 16.5. The van der Waals surface area contributed by atoms with Crippen molar-refractivity contribution in [3.05, 3.63) is 65.6 Å². The van der Waals surface area contributed by atoms with Crippen LogP contribution in [0.2, 0.25) is 0 Å². The van der Waals surface area contributed by atoms with Gasteiger partial charge in [0.2, 0.25) is 0 Å². The normalized spacial score (nSPS) is 10.8. The number of pyridine rings is 1. The molecular formula is C16H16N2O. The summed E-state index contributed by atoms with van der Waals surface area (Å²) in [6.45, 7) is 2.08. The fourth-order valence-electron chi connectivity index (χ4n) is 2.33. The van der Waals surface area contributed by atoms with Gasteiger partial charge in [-0.05, 0) is 24.6 Å². The van der Waals surface area contributed by atoms with Gasteiger partial charge < -0.3 is 9.14 Å². The molecule has 3 rings (SSSR count). The summed E-state index contributed by atoms with van der Waals surface area (Å²) >= 11 is 0. The van der Waals surface area contributed by atoms with Crippen LogP contribution in [-0.2, 0) is 6.42 Å². The monoisotopic (exact) mass is 252 g/mol. The summed E-state index contributed by atoms with van der Waals surface area (Å²) < 4.78 is 7.45. The average Bonchev–Trinajstić information content (AvgIpc) is 2.83. The summed E-state index contributed by atoms with van der Waals surface area (Å²) in [6, 6.07) is 12.2. The van der Waals surface area contributed by atoms with Gasteiger partial charge in [0.25, 0.3) is 0 Å². The van der Waals surface area contributed by atoms with Crippen molar-refractivity contribution in [2.24, 2.45) is 0 Å². The third kappa shape index (κ3) is 2.19. The molecule has 0 amide bonds. The molecule has 0 unspecified atom stereocenters. The molecule has 3 nitrogen and oxygen atoms in total. The first-order chi connectivity index (χ1) is 9.28. The number of hydrogen-bond donors (Lipinski definition) is 0. The molecule has 2 heterocycles. The van der Waals surface area contributed by atoms with Gasteiger partial charge in [0, 0.05) is 24.4 Å². The van der Waals surface area contributed by atoms with E-state index in [4.69, 9.17) is 9.72 Å². The summed E-state index contributed by atoms with van der Waals surface area (Å²) in [5.74, 6) is 0.913. The first kappa shape index (κ1) is 11.8. The van der Waals surface area contributed by atoms with E-state index in [0.29, 0.717) is 0 Å². The van der Waals surface area contributed by atoms with Crippen LogP contribution in [0.1, 0.15) is 16.8 Å². The number of aryl methyl sites for hydroxylation is 1. The minimum Gasteiger partial charge on any atom is -0.496 e. The van der Waals surface area contributed by atoms with E-state index in [2.05, 4.69) is 29.7 Å². The number of para-hydroxylation sites is 1. The molecule has 0 atom stereocenters. The van der Waals surface area contributed by atoms with Gasteiger partial charge in [0.1, 0.15) is 11.4 Å². The molecule has 0 N–H and O–H groups in total. The molecule has 0 saturated heterocycles. The third-order valence-corrected chi connectivity index (χ3v) is 3.29. The van der Waals surface area contributed by atoms with E-state index in [-0.39, 0.29) is 0 Å². The summed E-state index contributed by atoms with van der Waals surface area (Å²) in [6.07, 6.45) is 4.89. The lowest BCUT2D eigenvalue weighted by Gasteiger charge is -2.05. The highest BCUT2D eigenvalue weighted by Gasteiger charge is 2.07. The van der Waals surface area contributed by atoms with E-state index >= 15 is 0 Å². The fourth-order valence-corrected chi connectivity index (χ4v) is 2.33.